The highest BCUT2D eigenvalue weighted by atomic mass is 16.5. The van der Waals surface area contributed by atoms with Gasteiger partial charge in [0.25, 0.3) is 0 Å². The van der Waals surface area contributed by atoms with Crippen LogP contribution in [0.25, 0.3) is 17.3 Å². The lowest BCUT2D eigenvalue weighted by molar-refractivity contribution is -0.137. The van der Waals surface area contributed by atoms with Crippen LogP contribution in [0.3, 0.4) is 0 Å². The monoisotopic (exact) mass is 242 g/mol. The van der Waals surface area contributed by atoms with Crippen LogP contribution in [0.15, 0.2) is 42.9 Å². The lowest BCUT2D eigenvalue weighted by Gasteiger charge is -2.03. The van der Waals surface area contributed by atoms with Gasteiger partial charge >= 0.3 is 5.97 Å². The zero-order valence-electron chi connectivity index (χ0n) is 10.1. The largest absolute Gasteiger partial charge is 0.463 e. The first-order valence-corrected chi connectivity index (χ1v) is 5.74. The van der Waals surface area contributed by atoms with E-state index in [4.69, 9.17) is 4.74 Å². The predicted octanol–water partition coefficient (Wildman–Crippen LogP) is 2.65. The van der Waals surface area contributed by atoms with E-state index in [0.29, 0.717) is 6.61 Å². The summed E-state index contributed by atoms with van der Waals surface area (Å²) in [5, 5.41) is 0. The SMILES string of the molecule is CCOC(=O)C=Cc1ccccc1-c1cnc[nH]1. The van der Waals surface area contributed by atoms with Gasteiger partial charge in [0.2, 0.25) is 0 Å². The molecule has 4 nitrogen and oxygen atoms in total. The van der Waals surface area contributed by atoms with E-state index in [9.17, 15) is 4.79 Å². The molecule has 0 fully saturated rings. The lowest BCUT2D eigenvalue weighted by Crippen LogP contribution is -1.98. The van der Waals surface area contributed by atoms with E-state index in [1.807, 2.05) is 24.3 Å². The maximum atomic E-state index is 11.3. The number of hydrogen-bond acceptors (Lipinski definition) is 3. The van der Waals surface area contributed by atoms with Gasteiger partial charge in [-0.3, -0.25) is 0 Å². The fourth-order valence-electron chi connectivity index (χ4n) is 1.64. The summed E-state index contributed by atoms with van der Waals surface area (Å²) in [6.45, 7) is 2.16. The van der Waals surface area contributed by atoms with Crippen molar-refractivity contribution >= 4 is 12.0 Å². The molecule has 1 heterocycles. The fourth-order valence-corrected chi connectivity index (χ4v) is 1.64. The number of carbonyl (C=O) groups excluding carboxylic acids is 1. The van der Waals surface area contributed by atoms with E-state index >= 15 is 0 Å². The number of hydrogen-bond donors (Lipinski definition) is 1. The highest BCUT2D eigenvalue weighted by Crippen LogP contribution is 2.22. The van der Waals surface area contributed by atoms with E-state index in [-0.39, 0.29) is 5.97 Å². The number of rotatable bonds is 4. The summed E-state index contributed by atoms with van der Waals surface area (Å²) >= 11 is 0. The van der Waals surface area contributed by atoms with E-state index in [2.05, 4.69) is 9.97 Å². The molecule has 2 aromatic rings. The normalized spacial score (nSPS) is 10.7. The number of nitrogens with one attached hydrogen (secondary N) is 1. The summed E-state index contributed by atoms with van der Waals surface area (Å²) in [5.74, 6) is -0.336. The molecule has 1 aromatic carbocycles. The van der Waals surface area contributed by atoms with Crippen LogP contribution < -0.4 is 0 Å². The number of carbonyl (C=O) groups is 1. The Labute approximate surface area is 105 Å². The summed E-state index contributed by atoms with van der Waals surface area (Å²) < 4.78 is 4.85. The second kappa shape index (κ2) is 5.82. The topological polar surface area (TPSA) is 55.0 Å². The van der Waals surface area contributed by atoms with Gasteiger partial charge < -0.3 is 9.72 Å². The van der Waals surface area contributed by atoms with Crippen LogP contribution in [0.4, 0.5) is 0 Å². The number of aromatic nitrogens is 2. The van der Waals surface area contributed by atoms with Crippen molar-refractivity contribution in [1.29, 1.82) is 0 Å². The molecular formula is C14H14N2O2. The third-order valence-electron chi connectivity index (χ3n) is 2.43. The standard InChI is InChI=1S/C14H14N2O2/c1-2-18-14(17)8-7-11-5-3-4-6-12(11)13-9-15-10-16-13/h3-10H,2H2,1H3,(H,15,16). The molecular weight excluding hydrogens is 228 g/mol. The number of aromatic amines is 1. The molecule has 1 N–H and O–H groups in total. The zero-order valence-corrected chi connectivity index (χ0v) is 10.1. The summed E-state index contributed by atoms with van der Waals surface area (Å²) in [6.07, 6.45) is 6.55. The first-order chi connectivity index (χ1) is 8.81. The average molecular weight is 242 g/mol. The van der Waals surface area contributed by atoms with Gasteiger partial charge in [0, 0.05) is 11.6 Å². The fraction of sp³-hybridized carbons (Fsp3) is 0.143. The molecule has 0 atom stereocenters. The van der Waals surface area contributed by atoms with Gasteiger partial charge in [-0.1, -0.05) is 24.3 Å². The van der Waals surface area contributed by atoms with Crippen molar-refractivity contribution in [3.05, 3.63) is 48.4 Å². The van der Waals surface area contributed by atoms with Gasteiger partial charge in [0.1, 0.15) is 0 Å². The smallest absolute Gasteiger partial charge is 0.330 e. The second-order valence-corrected chi connectivity index (χ2v) is 3.64. The highest BCUT2D eigenvalue weighted by Gasteiger charge is 2.03. The molecule has 18 heavy (non-hydrogen) atoms. The summed E-state index contributed by atoms with van der Waals surface area (Å²) in [7, 11) is 0. The quantitative estimate of drug-likeness (QED) is 0.662. The molecule has 0 bridgehead atoms. The van der Waals surface area contributed by atoms with E-state index in [1.165, 1.54) is 6.08 Å². The van der Waals surface area contributed by atoms with Crippen LogP contribution in [0.2, 0.25) is 0 Å². The molecule has 1 aromatic heterocycles. The van der Waals surface area contributed by atoms with Crippen molar-refractivity contribution in [2.24, 2.45) is 0 Å². The number of H-pyrrole nitrogens is 1. The third-order valence-corrected chi connectivity index (χ3v) is 2.43. The van der Waals surface area contributed by atoms with Gasteiger partial charge in [-0.15, -0.1) is 0 Å². The first kappa shape index (κ1) is 12.1. The average Bonchev–Trinajstić information content (AvgIpc) is 2.91. The van der Waals surface area contributed by atoms with Crippen LogP contribution >= 0.6 is 0 Å². The zero-order chi connectivity index (χ0) is 12.8. The highest BCUT2D eigenvalue weighted by molar-refractivity contribution is 5.88. The first-order valence-electron chi connectivity index (χ1n) is 5.74. The lowest BCUT2D eigenvalue weighted by atomic mass is 10.0. The van der Waals surface area contributed by atoms with E-state index < -0.39 is 0 Å². The van der Waals surface area contributed by atoms with E-state index in [1.54, 1.807) is 25.5 Å². The molecule has 0 saturated heterocycles. The van der Waals surface area contributed by atoms with Crippen molar-refractivity contribution in [2.75, 3.05) is 6.61 Å². The molecule has 92 valence electrons. The molecule has 0 spiro atoms. The number of imidazole rings is 1. The molecule has 0 aliphatic heterocycles. The molecule has 0 amide bonds. The van der Waals surface area contributed by atoms with Crippen LogP contribution in [0.5, 0.6) is 0 Å². The maximum absolute atomic E-state index is 11.3. The number of ether oxygens (including phenoxy) is 1. The molecule has 0 aliphatic rings. The van der Waals surface area contributed by atoms with E-state index in [0.717, 1.165) is 16.8 Å². The van der Waals surface area contributed by atoms with Crippen molar-refractivity contribution in [3.63, 3.8) is 0 Å². The molecule has 0 unspecified atom stereocenters. The summed E-state index contributed by atoms with van der Waals surface area (Å²) in [4.78, 5) is 18.3. The minimum atomic E-state index is -0.336. The number of nitrogens with zero attached hydrogens (tertiary/aromatic N) is 1. The summed E-state index contributed by atoms with van der Waals surface area (Å²) in [5.41, 5.74) is 2.85. The Morgan fingerprint density at radius 3 is 3.00 bits per heavy atom. The Bertz CT molecular complexity index is 545. The Balaban J connectivity index is 2.26. The van der Waals surface area contributed by atoms with Crippen LogP contribution in [0.1, 0.15) is 12.5 Å². The van der Waals surface area contributed by atoms with Gasteiger partial charge in [0.05, 0.1) is 24.8 Å². The predicted molar refractivity (Wildman–Crippen MR) is 69.7 cm³/mol. The molecule has 0 aliphatic carbocycles. The van der Waals surface area contributed by atoms with Crippen LogP contribution in [-0.2, 0) is 9.53 Å². The number of benzene rings is 1. The van der Waals surface area contributed by atoms with Crippen molar-refractivity contribution in [2.45, 2.75) is 6.92 Å². The molecule has 2 rings (SSSR count). The third kappa shape index (κ3) is 2.85. The van der Waals surface area contributed by atoms with Gasteiger partial charge in [-0.05, 0) is 18.6 Å². The van der Waals surface area contributed by atoms with Gasteiger partial charge in [-0.25, -0.2) is 9.78 Å². The molecule has 0 saturated carbocycles. The Morgan fingerprint density at radius 1 is 1.44 bits per heavy atom. The van der Waals surface area contributed by atoms with Crippen molar-refractivity contribution < 1.29 is 9.53 Å². The second-order valence-electron chi connectivity index (χ2n) is 3.64. The Kier molecular flexibility index (Phi) is 3.91. The van der Waals surface area contributed by atoms with Crippen LogP contribution in [-0.4, -0.2) is 22.5 Å². The van der Waals surface area contributed by atoms with Gasteiger partial charge in [-0.2, -0.15) is 0 Å². The Morgan fingerprint density at radius 2 is 2.28 bits per heavy atom. The van der Waals surface area contributed by atoms with Crippen molar-refractivity contribution in [1.82, 2.24) is 9.97 Å². The minimum absolute atomic E-state index is 0.336. The van der Waals surface area contributed by atoms with Crippen LogP contribution in [0, 0.1) is 0 Å². The van der Waals surface area contributed by atoms with Crippen molar-refractivity contribution in [3.8, 4) is 11.3 Å². The van der Waals surface area contributed by atoms with Gasteiger partial charge in [0.15, 0.2) is 0 Å². The minimum Gasteiger partial charge on any atom is -0.463 e. The maximum Gasteiger partial charge on any atom is 0.330 e. The number of esters is 1. The molecule has 4 heteroatoms. The molecule has 0 radical (unpaired) electrons. The Hall–Kier alpha value is -2.36. The summed E-state index contributed by atoms with van der Waals surface area (Å²) in [6, 6.07) is 7.77.